The van der Waals surface area contributed by atoms with Gasteiger partial charge in [-0.1, -0.05) is 54.9 Å². The Morgan fingerprint density at radius 2 is 1.82 bits per heavy atom. The number of imidazole rings is 1. The van der Waals surface area contributed by atoms with Crippen molar-refractivity contribution in [3.63, 3.8) is 0 Å². The fourth-order valence-electron chi connectivity index (χ4n) is 4.88. The maximum atomic E-state index is 13.6. The van der Waals surface area contributed by atoms with Gasteiger partial charge in [0.05, 0.1) is 0 Å². The van der Waals surface area contributed by atoms with Crippen molar-refractivity contribution < 1.29 is 0 Å². The van der Waals surface area contributed by atoms with Crippen LogP contribution in [-0.2, 0) is 26.6 Å². The molecular formula is C26H28ClN5O2. The Bertz CT molecular complexity index is 1490. The summed E-state index contributed by atoms with van der Waals surface area (Å²) in [5.41, 5.74) is 3.40. The maximum Gasteiger partial charge on any atom is 0.332 e. The van der Waals surface area contributed by atoms with Gasteiger partial charge < -0.3 is 9.47 Å². The zero-order valence-electron chi connectivity index (χ0n) is 19.7. The third-order valence-electron chi connectivity index (χ3n) is 6.66. The number of hydrogen-bond acceptors (Lipinski definition) is 4. The van der Waals surface area contributed by atoms with E-state index in [1.54, 1.807) is 7.05 Å². The molecule has 8 heteroatoms. The molecule has 0 saturated heterocycles. The molecule has 2 aromatic heterocycles. The third kappa shape index (κ3) is 3.74. The van der Waals surface area contributed by atoms with E-state index in [0.29, 0.717) is 41.6 Å². The van der Waals surface area contributed by atoms with Crippen molar-refractivity contribution in [1.82, 2.24) is 18.7 Å². The lowest BCUT2D eigenvalue weighted by molar-refractivity contribution is 0.457. The molecule has 0 N–H and O–H groups in total. The van der Waals surface area contributed by atoms with Crippen LogP contribution in [0.2, 0.25) is 5.02 Å². The summed E-state index contributed by atoms with van der Waals surface area (Å²) in [5, 5.41) is 0.687. The number of benzene rings is 2. The zero-order chi connectivity index (χ0) is 24.0. The number of halogens is 1. The number of aryl methyl sites for hydroxylation is 2. The summed E-state index contributed by atoms with van der Waals surface area (Å²) in [6.45, 7) is 5.92. The molecule has 0 amide bonds. The highest BCUT2D eigenvalue weighted by Crippen LogP contribution is 2.36. The number of hydrogen-bond donors (Lipinski definition) is 0. The Morgan fingerprint density at radius 3 is 2.59 bits per heavy atom. The first-order valence-electron chi connectivity index (χ1n) is 11.6. The van der Waals surface area contributed by atoms with Crippen molar-refractivity contribution in [2.24, 2.45) is 13.0 Å². The molecule has 0 unspecified atom stereocenters. The zero-order valence-corrected chi connectivity index (χ0v) is 20.4. The molecular weight excluding hydrogens is 450 g/mol. The Kier molecular flexibility index (Phi) is 5.81. The Balaban J connectivity index is 1.60. The molecule has 2 aromatic carbocycles. The van der Waals surface area contributed by atoms with Crippen LogP contribution >= 0.6 is 11.6 Å². The summed E-state index contributed by atoms with van der Waals surface area (Å²) >= 11 is 6.41. The van der Waals surface area contributed by atoms with Crippen molar-refractivity contribution >= 4 is 34.4 Å². The van der Waals surface area contributed by atoms with Crippen molar-refractivity contribution in [1.29, 1.82) is 0 Å². The standard InChI is InChI=1S/C26H28ClN5O2/c1-17-15-31(21-13-7-12-20(27)18(21)2)25-28-23-22(32(25)16-17)24(33)30(26(34)29(23)3)14-8-11-19-9-5-4-6-10-19/h4-7,9-10,12-13,17H,8,11,14-16H2,1-3H3/t17-/m1/s1. The number of nitrogens with zero attached hydrogens (tertiary/aromatic N) is 5. The van der Waals surface area contributed by atoms with Crippen LogP contribution in [0.3, 0.4) is 0 Å². The second kappa shape index (κ2) is 8.80. The van der Waals surface area contributed by atoms with E-state index < -0.39 is 0 Å². The van der Waals surface area contributed by atoms with Crippen LogP contribution in [0.4, 0.5) is 11.6 Å². The van der Waals surface area contributed by atoms with Gasteiger partial charge in [0.1, 0.15) is 0 Å². The molecule has 0 aliphatic carbocycles. The van der Waals surface area contributed by atoms with Gasteiger partial charge in [-0.05, 0) is 48.9 Å². The fourth-order valence-corrected chi connectivity index (χ4v) is 5.05. The van der Waals surface area contributed by atoms with Crippen LogP contribution in [0.1, 0.15) is 24.5 Å². The second-order valence-electron chi connectivity index (χ2n) is 9.18. The van der Waals surface area contributed by atoms with Crippen LogP contribution < -0.4 is 16.1 Å². The van der Waals surface area contributed by atoms with Gasteiger partial charge >= 0.3 is 5.69 Å². The van der Waals surface area contributed by atoms with E-state index in [0.717, 1.165) is 24.2 Å². The highest BCUT2D eigenvalue weighted by molar-refractivity contribution is 6.31. The molecule has 1 aliphatic rings. The Hall–Kier alpha value is -3.32. The SMILES string of the molecule is Cc1c(Cl)cccc1N1C[C@@H](C)Cn2c1nc1c2c(=O)n(CCCc2ccccc2)c(=O)n1C. The van der Waals surface area contributed by atoms with Crippen molar-refractivity contribution in [3.8, 4) is 0 Å². The van der Waals surface area contributed by atoms with Crippen LogP contribution in [0.5, 0.6) is 0 Å². The fraction of sp³-hybridized carbons (Fsp3) is 0.346. The minimum atomic E-state index is -0.334. The van der Waals surface area contributed by atoms with E-state index in [9.17, 15) is 9.59 Å². The first-order chi connectivity index (χ1) is 16.4. The number of fused-ring (bicyclic) bond motifs is 3. The van der Waals surface area contributed by atoms with Crippen molar-refractivity contribution in [2.45, 2.75) is 39.8 Å². The van der Waals surface area contributed by atoms with Crippen LogP contribution in [0.25, 0.3) is 11.2 Å². The Labute approximate surface area is 202 Å². The van der Waals surface area contributed by atoms with Gasteiger partial charge in [0.2, 0.25) is 5.95 Å². The topological polar surface area (TPSA) is 65.1 Å². The highest BCUT2D eigenvalue weighted by Gasteiger charge is 2.30. The Morgan fingerprint density at radius 1 is 1.06 bits per heavy atom. The van der Waals surface area contributed by atoms with Crippen LogP contribution in [-0.4, -0.2) is 25.2 Å². The molecule has 1 aliphatic heterocycles. The summed E-state index contributed by atoms with van der Waals surface area (Å²) in [4.78, 5) is 33.6. The van der Waals surface area contributed by atoms with E-state index in [1.165, 1.54) is 14.7 Å². The molecule has 0 fully saturated rings. The average Bonchev–Trinajstić information content (AvgIpc) is 3.21. The van der Waals surface area contributed by atoms with E-state index in [2.05, 4.69) is 24.0 Å². The monoisotopic (exact) mass is 477 g/mol. The van der Waals surface area contributed by atoms with Crippen molar-refractivity contribution in [3.05, 3.63) is 85.5 Å². The molecule has 0 bridgehead atoms. The second-order valence-corrected chi connectivity index (χ2v) is 9.59. The predicted molar refractivity (Wildman–Crippen MR) is 136 cm³/mol. The van der Waals surface area contributed by atoms with Crippen LogP contribution in [0.15, 0.2) is 58.1 Å². The van der Waals surface area contributed by atoms with E-state index in [-0.39, 0.29) is 17.2 Å². The molecule has 3 heterocycles. The van der Waals surface area contributed by atoms with E-state index >= 15 is 0 Å². The summed E-state index contributed by atoms with van der Waals surface area (Å²) in [5.74, 6) is 0.957. The summed E-state index contributed by atoms with van der Waals surface area (Å²) in [6.07, 6.45) is 1.51. The predicted octanol–water partition coefficient (Wildman–Crippen LogP) is 4.28. The van der Waals surface area contributed by atoms with Gasteiger partial charge in [0.15, 0.2) is 11.2 Å². The van der Waals surface area contributed by atoms with Gasteiger partial charge in [0.25, 0.3) is 5.56 Å². The van der Waals surface area contributed by atoms with Crippen molar-refractivity contribution in [2.75, 3.05) is 11.4 Å². The molecule has 7 nitrogen and oxygen atoms in total. The van der Waals surface area contributed by atoms with Gasteiger partial charge in [-0.2, -0.15) is 4.98 Å². The lowest BCUT2D eigenvalue weighted by atomic mass is 10.1. The quantitative estimate of drug-likeness (QED) is 0.430. The molecule has 4 aromatic rings. The molecule has 34 heavy (non-hydrogen) atoms. The minimum absolute atomic E-state index is 0.276. The third-order valence-corrected chi connectivity index (χ3v) is 7.07. The van der Waals surface area contributed by atoms with Gasteiger partial charge in [0, 0.05) is 37.4 Å². The number of rotatable bonds is 5. The number of aromatic nitrogens is 4. The highest BCUT2D eigenvalue weighted by atomic mass is 35.5. The first kappa shape index (κ1) is 22.5. The summed E-state index contributed by atoms with van der Waals surface area (Å²) in [6, 6.07) is 15.9. The number of anilines is 2. The van der Waals surface area contributed by atoms with Gasteiger partial charge in [-0.15, -0.1) is 0 Å². The summed E-state index contributed by atoms with van der Waals surface area (Å²) < 4.78 is 4.83. The molecule has 0 radical (unpaired) electrons. The van der Waals surface area contributed by atoms with E-state index in [1.807, 2.05) is 47.9 Å². The lowest BCUT2D eigenvalue weighted by Crippen LogP contribution is -2.40. The van der Waals surface area contributed by atoms with Crippen LogP contribution in [0, 0.1) is 12.8 Å². The average molecular weight is 478 g/mol. The minimum Gasteiger partial charge on any atom is -0.311 e. The smallest absolute Gasteiger partial charge is 0.311 e. The lowest BCUT2D eigenvalue weighted by Gasteiger charge is -2.34. The largest absolute Gasteiger partial charge is 0.332 e. The van der Waals surface area contributed by atoms with E-state index in [4.69, 9.17) is 16.6 Å². The molecule has 0 saturated carbocycles. The summed E-state index contributed by atoms with van der Waals surface area (Å²) in [7, 11) is 1.69. The molecule has 5 rings (SSSR count). The normalized spacial score (nSPS) is 15.6. The molecule has 0 spiro atoms. The van der Waals surface area contributed by atoms with Gasteiger partial charge in [-0.3, -0.25) is 13.9 Å². The molecule has 176 valence electrons. The first-order valence-corrected chi connectivity index (χ1v) is 12.0. The molecule has 1 atom stereocenters. The van der Waals surface area contributed by atoms with Gasteiger partial charge in [-0.25, -0.2) is 4.79 Å². The maximum absolute atomic E-state index is 13.6.